The summed E-state index contributed by atoms with van der Waals surface area (Å²) in [5.74, 6) is -0.670. The monoisotopic (exact) mass is 452 g/mol. The first-order chi connectivity index (χ1) is 15.5. The highest BCUT2D eigenvalue weighted by Gasteiger charge is 2.21. The first-order valence-corrected chi connectivity index (χ1v) is 12.7. The summed E-state index contributed by atoms with van der Waals surface area (Å²) < 4.78 is 0. The Hall–Kier alpha value is -2.31. The van der Waals surface area contributed by atoms with Gasteiger partial charge in [0.05, 0.1) is 11.5 Å². The number of amides is 1. The van der Waals surface area contributed by atoms with Gasteiger partial charge in [-0.2, -0.15) is 0 Å². The number of thioether (sulfide) groups is 1. The van der Waals surface area contributed by atoms with E-state index in [0.29, 0.717) is 13.1 Å². The van der Waals surface area contributed by atoms with E-state index in [9.17, 15) is 9.59 Å². The van der Waals surface area contributed by atoms with E-state index in [-0.39, 0.29) is 17.4 Å². The fourth-order valence-corrected chi connectivity index (χ4v) is 5.36. The summed E-state index contributed by atoms with van der Waals surface area (Å²) in [4.78, 5) is 27.4. The lowest BCUT2D eigenvalue weighted by molar-refractivity contribution is -0.133. The third kappa shape index (κ3) is 5.73. The van der Waals surface area contributed by atoms with Crippen LogP contribution in [0.4, 0.5) is 0 Å². The number of carboxylic acids is 1. The van der Waals surface area contributed by atoms with Crippen LogP contribution in [0.1, 0.15) is 36.5 Å². The van der Waals surface area contributed by atoms with E-state index in [0.717, 1.165) is 37.2 Å². The largest absolute Gasteiger partial charge is 0.481 e. The third-order valence-corrected chi connectivity index (χ3v) is 7.59. The van der Waals surface area contributed by atoms with Crippen LogP contribution in [0.2, 0.25) is 0 Å². The molecule has 2 aliphatic rings. The average molecular weight is 453 g/mol. The van der Waals surface area contributed by atoms with Crippen molar-refractivity contribution in [2.75, 3.05) is 31.1 Å². The highest BCUT2D eigenvalue weighted by molar-refractivity contribution is 8.00. The highest BCUT2D eigenvalue weighted by Crippen LogP contribution is 2.27. The number of aliphatic carboxylic acids is 1. The standard InChI is InChI=1S/C26H32N2O3S/c1-19-3-2-12-27(19)13-10-20-4-6-21(7-5-20)22-8-9-24-16-28(14-11-23(24)15-22)25(29)17-32-18-26(30)31/h4-9,15,19H,2-3,10-14,16-18H2,1H3,(H,30,31)/t19-/m1/s1. The van der Waals surface area contributed by atoms with Gasteiger partial charge in [-0.25, -0.2) is 0 Å². The third-order valence-electron chi connectivity index (χ3n) is 6.69. The summed E-state index contributed by atoms with van der Waals surface area (Å²) in [6.07, 6.45) is 4.59. The molecule has 2 aromatic rings. The topological polar surface area (TPSA) is 60.9 Å². The van der Waals surface area contributed by atoms with E-state index >= 15 is 0 Å². The van der Waals surface area contributed by atoms with Crippen molar-refractivity contribution in [2.24, 2.45) is 0 Å². The van der Waals surface area contributed by atoms with Crippen LogP contribution >= 0.6 is 11.8 Å². The van der Waals surface area contributed by atoms with Crippen LogP contribution in [-0.4, -0.2) is 64.0 Å². The first-order valence-electron chi connectivity index (χ1n) is 11.5. The summed E-state index contributed by atoms with van der Waals surface area (Å²) in [5.41, 5.74) is 6.33. The second-order valence-corrected chi connectivity index (χ2v) is 9.90. The lowest BCUT2D eigenvalue weighted by atomic mass is 9.94. The fraction of sp³-hybridized carbons (Fsp3) is 0.462. The Morgan fingerprint density at radius 3 is 2.53 bits per heavy atom. The van der Waals surface area contributed by atoms with Gasteiger partial charge in [-0.3, -0.25) is 9.59 Å². The molecule has 0 aliphatic carbocycles. The average Bonchev–Trinajstić information content (AvgIpc) is 3.21. The van der Waals surface area contributed by atoms with Gasteiger partial charge in [0.15, 0.2) is 0 Å². The molecule has 32 heavy (non-hydrogen) atoms. The van der Waals surface area contributed by atoms with E-state index in [1.54, 1.807) is 0 Å². The van der Waals surface area contributed by atoms with E-state index in [2.05, 4.69) is 54.3 Å². The van der Waals surface area contributed by atoms with E-state index in [4.69, 9.17) is 5.11 Å². The normalized spacial score (nSPS) is 18.5. The van der Waals surface area contributed by atoms with Crippen molar-refractivity contribution in [1.29, 1.82) is 0 Å². The Kier molecular flexibility index (Phi) is 7.53. The molecule has 1 amide bonds. The van der Waals surface area contributed by atoms with Crippen LogP contribution in [0.15, 0.2) is 42.5 Å². The molecule has 4 rings (SSSR count). The summed E-state index contributed by atoms with van der Waals surface area (Å²) in [6, 6.07) is 16.2. The molecular weight excluding hydrogens is 420 g/mol. The Labute approximate surface area is 194 Å². The lowest BCUT2D eigenvalue weighted by Gasteiger charge is -2.29. The SMILES string of the molecule is C[C@@H]1CCCN1CCc1ccc(-c2ccc3c(c2)CCN(C(=O)CSCC(=O)O)C3)cc1. The van der Waals surface area contributed by atoms with Gasteiger partial charge < -0.3 is 14.9 Å². The Morgan fingerprint density at radius 2 is 1.81 bits per heavy atom. The molecule has 0 saturated carbocycles. The molecule has 0 radical (unpaired) electrons. The number of carbonyl (C=O) groups is 2. The molecule has 2 heterocycles. The number of benzene rings is 2. The van der Waals surface area contributed by atoms with Crippen LogP contribution in [0.5, 0.6) is 0 Å². The second-order valence-electron chi connectivity index (χ2n) is 8.91. The minimum absolute atomic E-state index is 0.0184. The number of rotatable bonds is 8. The molecule has 1 atom stereocenters. The van der Waals surface area contributed by atoms with Gasteiger partial charge in [0.2, 0.25) is 5.91 Å². The predicted octanol–water partition coefficient (Wildman–Crippen LogP) is 4.08. The Balaban J connectivity index is 1.34. The molecule has 0 aromatic heterocycles. The number of fused-ring (bicyclic) bond motifs is 1. The maximum atomic E-state index is 12.4. The Bertz CT molecular complexity index is 960. The van der Waals surface area contributed by atoms with Crippen molar-refractivity contribution in [3.63, 3.8) is 0 Å². The number of carbonyl (C=O) groups excluding carboxylic acids is 1. The summed E-state index contributed by atoms with van der Waals surface area (Å²) >= 11 is 1.16. The van der Waals surface area contributed by atoms with Crippen molar-refractivity contribution in [3.8, 4) is 11.1 Å². The molecule has 0 spiro atoms. The van der Waals surface area contributed by atoms with Gasteiger partial charge in [0, 0.05) is 25.7 Å². The van der Waals surface area contributed by atoms with E-state index in [1.165, 1.54) is 47.2 Å². The van der Waals surface area contributed by atoms with Gasteiger partial charge in [0.25, 0.3) is 0 Å². The number of likely N-dealkylation sites (tertiary alicyclic amines) is 1. The second kappa shape index (κ2) is 10.5. The number of nitrogens with zero attached hydrogens (tertiary/aromatic N) is 2. The molecule has 1 saturated heterocycles. The van der Waals surface area contributed by atoms with Crippen molar-refractivity contribution < 1.29 is 14.7 Å². The Morgan fingerprint density at radius 1 is 1.03 bits per heavy atom. The first kappa shape index (κ1) is 22.9. The van der Waals surface area contributed by atoms with Crippen LogP contribution < -0.4 is 0 Å². The number of hydrogen-bond acceptors (Lipinski definition) is 4. The van der Waals surface area contributed by atoms with Crippen molar-refractivity contribution in [2.45, 2.75) is 45.2 Å². The molecule has 1 N–H and O–H groups in total. The van der Waals surface area contributed by atoms with Crippen molar-refractivity contribution >= 4 is 23.6 Å². The molecule has 0 bridgehead atoms. The molecule has 2 aromatic carbocycles. The number of hydrogen-bond donors (Lipinski definition) is 1. The van der Waals surface area contributed by atoms with Gasteiger partial charge in [0.1, 0.15) is 0 Å². The quantitative estimate of drug-likeness (QED) is 0.654. The van der Waals surface area contributed by atoms with Crippen LogP contribution in [-0.2, 0) is 29.0 Å². The van der Waals surface area contributed by atoms with E-state index < -0.39 is 5.97 Å². The maximum absolute atomic E-state index is 12.4. The zero-order valence-corrected chi connectivity index (χ0v) is 19.6. The predicted molar refractivity (Wildman–Crippen MR) is 130 cm³/mol. The molecular formula is C26H32N2O3S. The fourth-order valence-electron chi connectivity index (χ4n) is 4.72. The smallest absolute Gasteiger partial charge is 0.313 e. The highest BCUT2D eigenvalue weighted by atomic mass is 32.2. The molecule has 1 fully saturated rings. The minimum Gasteiger partial charge on any atom is -0.481 e. The molecule has 2 aliphatic heterocycles. The summed E-state index contributed by atoms with van der Waals surface area (Å²) in [5, 5.41) is 8.74. The minimum atomic E-state index is -0.881. The van der Waals surface area contributed by atoms with Gasteiger partial charge >= 0.3 is 5.97 Å². The zero-order chi connectivity index (χ0) is 22.5. The lowest BCUT2D eigenvalue weighted by Crippen LogP contribution is -2.37. The van der Waals surface area contributed by atoms with Gasteiger partial charge in [-0.1, -0.05) is 42.5 Å². The van der Waals surface area contributed by atoms with Gasteiger partial charge in [-0.15, -0.1) is 11.8 Å². The molecule has 5 nitrogen and oxygen atoms in total. The molecule has 6 heteroatoms. The summed E-state index contributed by atoms with van der Waals surface area (Å²) in [7, 11) is 0. The maximum Gasteiger partial charge on any atom is 0.313 e. The van der Waals surface area contributed by atoms with Crippen LogP contribution in [0.3, 0.4) is 0 Å². The van der Waals surface area contributed by atoms with Crippen LogP contribution in [0, 0.1) is 0 Å². The summed E-state index contributed by atoms with van der Waals surface area (Å²) in [6.45, 7) is 6.01. The van der Waals surface area contributed by atoms with Gasteiger partial charge in [-0.05, 0) is 67.0 Å². The van der Waals surface area contributed by atoms with Crippen LogP contribution in [0.25, 0.3) is 11.1 Å². The molecule has 170 valence electrons. The van der Waals surface area contributed by atoms with Crippen molar-refractivity contribution in [3.05, 3.63) is 59.2 Å². The van der Waals surface area contributed by atoms with E-state index in [1.807, 2.05) is 4.90 Å². The van der Waals surface area contributed by atoms with Crippen molar-refractivity contribution in [1.82, 2.24) is 9.80 Å². The molecule has 0 unspecified atom stereocenters. The number of carboxylic acid groups (broad SMARTS) is 1. The zero-order valence-electron chi connectivity index (χ0n) is 18.8.